The summed E-state index contributed by atoms with van der Waals surface area (Å²) < 4.78 is 41.4. The Bertz CT molecular complexity index is 1800. The van der Waals surface area contributed by atoms with Gasteiger partial charge in [-0.15, -0.1) is 0 Å². The zero-order valence-electron chi connectivity index (χ0n) is 27.9. The van der Waals surface area contributed by atoms with E-state index in [0.29, 0.717) is 17.9 Å². The highest BCUT2D eigenvalue weighted by Gasteiger charge is 2.35. The number of benzene rings is 4. The minimum absolute atomic E-state index is 0.0713. The molecular weight excluding hydrogens is 694 g/mol. The van der Waals surface area contributed by atoms with Crippen molar-refractivity contribution in [3.63, 3.8) is 0 Å². The van der Waals surface area contributed by atoms with Gasteiger partial charge in [0.1, 0.15) is 12.6 Å². The SMILES string of the molecule is CC[C@@H](C)NC(=O)[C@H](Cc1ccccc1)N(Cc1cccc(Br)c1)C(=O)CN(c1ccc(C)cc1)S(=O)(=O)c1ccc(OC)c(OC)c1. The van der Waals surface area contributed by atoms with Gasteiger partial charge in [-0.25, -0.2) is 8.42 Å². The van der Waals surface area contributed by atoms with Gasteiger partial charge in [0.25, 0.3) is 10.0 Å². The van der Waals surface area contributed by atoms with Crippen molar-refractivity contribution in [3.8, 4) is 11.5 Å². The van der Waals surface area contributed by atoms with E-state index in [9.17, 15) is 18.0 Å². The van der Waals surface area contributed by atoms with E-state index in [1.807, 2.05) is 75.4 Å². The molecule has 0 saturated carbocycles. The van der Waals surface area contributed by atoms with Gasteiger partial charge in [0, 0.05) is 29.5 Å². The van der Waals surface area contributed by atoms with E-state index < -0.39 is 28.5 Å². The van der Waals surface area contributed by atoms with Gasteiger partial charge in [-0.2, -0.15) is 0 Å². The van der Waals surface area contributed by atoms with Crippen LogP contribution in [0.5, 0.6) is 11.5 Å². The van der Waals surface area contributed by atoms with Crippen molar-refractivity contribution >= 4 is 43.5 Å². The lowest BCUT2D eigenvalue weighted by atomic mass is 10.0. The number of rotatable bonds is 15. The number of sulfonamides is 1. The van der Waals surface area contributed by atoms with Gasteiger partial charge in [-0.05, 0) is 67.8 Å². The first-order valence-electron chi connectivity index (χ1n) is 15.7. The number of aryl methyl sites for hydroxylation is 1. The summed E-state index contributed by atoms with van der Waals surface area (Å²) in [6, 6.07) is 27.1. The van der Waals surface area contributed by atoms with Crippen molar-refractivity contribution in [3.05, 3.63) is 118 Å². The average Bonchev–Trinajstić information content (AvgIpc) is 3.09. The maximum Gasteiger partial charge on any atom is 0.264 e. The summed E-state index contributed by atoms with van der Waals surface area (Å²) in [4.78, 5) is 30.1. The number of nitrogens with one attached hydrogen (secondary N) is 1. The van der Waals surface area contributed by atoms with Crippen LogP contribution in [-0.2, 0) is 32.6 Å². The molecule has 0 fully saturated rings. The largest absolute Gasteiger partial charge is 0.493 e. The van der Waals surface area contributed by atoms with Crippen LogP contribution in [0.2, 0.25) is 0 Å². The molecule has 0 saturated heterocycles. The number of hydrogen-bond acceptors (Lipinski definition) is 6. The molecule has 1 N–H and O–H groups in total. The van der Waals surface area contributed by atoms with E-state index in [2.05, 4.69) is 21.2 Å². The van der Waals surface area contributed by atoms with E-state index in [-0.39, 0.29) is 35.6 Å². The van der Waals surface area contributed by atoms with E-state index in [1.165, 1.54) is 37.3 Å². The Morgan fingerprint density at radius 2 is 1.52 bits per heavy atom. The Morgan fingerprint density at radius 1 is 0.854 bits per heavy atom. The predicted molar refractivity (Wildman–Crippen MR) is 192 cm³/mol. The van der Waals surface area contributed by atoms with E-state index in [0.717, 1.165) is 25.5 Å². The Labute approximate surface area is 292 Å². The summed E-state index contributed by atoms with van der Waals surface area (Å²) >= 11 is 3.51. The lowest BCUT2D eigenvalue weighted by Gasteiger charge is -2.34. The summed E-state index contributed by atoms with van der Waals surface area (Å²) in [6.45, 7) is 5.29. The van der Waals surface area contributed by atoms with Crippen molar-refractivity contribution in [1.29, 1.82) is 0 Å². The number of amides is 2. The van der Waals surface area contributed by atoms with E-state index in [1.54, 1.807) is 24.3 Å². The number of methoxy groups -OCH3 is 2. The van der Waals surface area contributed by atoms with Gasteiger partial charge >= 0.3 is 0 Å². The standard InChI is InChI=1S/C37H42BrN3O6S/c1-6-27(3)39-37(43)33(22-28-11-8-7-9-12-28)40(24-29-13-10-14-30(38)21-29)36(42)25-41(31-17-15-26(2)16-18-31)48(44,45)32-19-20-34(46-4)35(23-32)47-5/h7-21,23,27,33H,6,22,24-25H2,1-5H3,(H,39,43)/t27-,33+/m1/s1. The summed E-state index contributed by atoms with van der Waals surface area (Å²) in [5, 5.41) is 3.05. The van der Waals surface area contributed by atoms with Gasteiger partial charge in [0.05, 0.1) is 24.8 Å². The first-order chi connectivity index (χ1) is 23.0. The third-order valence-electron chi connectivity index (χ3n) is 8.06. The molecule has 48 heavy (non-hydrogen) atoms. The lowest BCUT2D eigenvalue weighted by molar-refractivity contribution is -0.140. The Kier molecular flexibility index (Phi) is 12.7. The van der Waals surface area contributed by atoms with Gasteiger partial charge < -0.3 is 19.7 Å². The molecule has 0 aromatic heterocycles. The monoisotopic (exact) mass is 735 g/mol. The highest BCUT2D eigenvalue weighted by atomic mass is 79.9. The van der Waals surface area contributed by atoms with Crippen LogP contribution in [0.25, 0.3) is 0 Å². The maximum absolute atomic E-state index is 14.7. The fourth-order valence-corrected chi connectivity index (χ4v) is 7.05. The van der Waals surface area contributed by atoms with Crippen LogP contribution in [0.3, 0.4) is 0 Å². The quantitative estimate of drug-likeness (QED) is 0.149. The molecule has 0 aliphatic heterocycles. The molecule has 9 nitrogen and oxygen atoms in total. The van der Waals surface area contributed by atoms with Crippen molar-refractivity contribution in [2.75, 3.05) is 25.1 Å². The summed E-state index contributed by atoms with van der Waals surface area (Å²) in [5.41, 5.74) is 2.86. The summed E-state index contributed by atoms with van der Waals surface area (Å²) in [6.07, 6.45) is 0.934. The molecule has 0 unspecified atom stereocenters. The van der Waals surface area contributed by atoms with Crippen LogP contribution >= 0.6 is 15.9 Å². The molecule has 2 amide bonds. The molecule has 4 rings (SSSR count). The smallest absolute Gasteiger partial charge is 0.264 e. The second-order valence-corrected chi connectivity index (χ2v) is 14.3. The topological polar surface area (TPSA) is 105 Å². The molecule has 0 heterocycles. The van der Waals surface area contributed by atoms with Gasteiger partial charge in [0.15, 0.2) is 11.5 Å². The summed E-state index contributed by atoms with van der Waals surface area (Å²) in [7, 11) is -1.43. The molecule has 0 radical (unpaired) electrons. The van der Waals surface area contributed by atoms with E-state index >= 15 is 0 Å². The number of ether oxygens (including phenoxy) is 2. The van der Waals surface area contributed by atoms with Crippen LogP contribution in [0.4, 0.5) is 5.69 Å². The number of nitrogens with zero attached hydrogens (tertiary/aromatic N) is 2. The van der Waals surface area contributed by atoms with Crippen LogP contribution < -0.4 is 19.1 Å². The molecule has 0 bridgehead atoms. The maximum atomic E-state index is 14.7. The number of hydrogen-bond donors (Lipinski definition) is 1. The highest BCUT2D eigenvalue weighted by molar-refractivity contribution is 9.10. The molecule has 4 aromatic carbocycles. The third-order valence-corrected chi connectivity index (χ3v) is 10.3. The van der Waals surface area contributed by atoms with Gasteiger partial charge in [-0.3, -0.25) is 13.9 Å². The first kappa shape index (κ1) is 36.5. The summed E-state index contributed by atoms with van der Waals surface area (Å²) in [5.74, 6) is -0.263. The minimum atomic E-state index is -4.32. The molecule has 0 aliphatic carbocycles. The number of anilines is 1. The molecule has 0 spiro atoms. The fraction of sp³-hybridized carbons (Fsp3) is 0.297. The van der Waals surface area contributed by atoms with Gasteiger partial charge in [-0.1, -0.05) is 83.0 Å². The van der Waals surface area contributed by atoms with Crippen molar-refractivity contribution < 1.29 is 27.5 Å². The zero-order chi connectivity index (χ0) is 34.8. The number of halogens is 1. The van der Waals surface area contributed by atoms with Crippen molar-refractivity contribution in [1.82, 2.24) is 10.2 Å². The predicted octanol–water partition coefficient (Wildman–Crippen LogP) is 6.52. The average molecular weight is 737 g/mol. The van der Waals surface area contributed by atoms with Gasteiger partial charge in [0.2, 0.25) is 11.8 Å². The lowest BCUT2D eigenvalue weighted by Crippen LogP contribution is -2.54. The molecular formula is C37H42BrN3O6S. The number of carbonyl (C=O) groups excluding carboxylic acids is 2. The fourth-order valence-electron chi connectivity index (χ4n) is 5.17. The van der Waals surface area contributed by atoms with E-state index in [4.69, 9.17) is 9.47 Å². The van der Waals surface area contributed by atoms with Crippen LogP contribution in [0.1, 0.15) is 37.0 Å². The Balaban J connectivity index is 1.83. The first-order valence-corrected chi connectivity index (χ1v) is 17.9. The van der Waals surface area contributed by atoms with Crippen molar-refractivity contribution in [2.45, 2.75) is 57.1 Å². The molecule has 11 heteroatoms. The normalized spacial score (nSPS) is 12.5. The highest BCUT2D eigenvalue weighted by Crippen LogP contribution is 2.32. The zero-order valence-corrected chi connectivity index (χ0v) is 30.3. The van der Waals surface area contributed by atoms with Crippen LogP contribution in [0.15, 0.2) is 106 Å². The minimum Gasteiger partial charge on any atom is -0.493 e. The second-order valence-electron chi connectivity index (χ2n) is 11.5. The second kappa shape index (κ2) is 16.7. The van der Waals surface area contributed by atoms with Crippen LogP contribution in [-0.4, -0.2) is 58.0 Å². The molecule has 2 atom stereocenters. The van der Waals surface area contributed by atoms with Crippen molar-refractivity contribution in [2.24, 2.45) is 0 Å². The molecule has 0 aliphatic rings. The Morgan fingerprint density at radius 3 is 2.15 bits per heavy atom. The third kappa shape index (κ3) is 9.17. The van der Waals surface area contributed by atoms with Crippen LogP contribution in [0, 0.1) is 6.92 Å². The molecule has 254 valence electrons. The Hall–Kier alpha value is -4.35. The number of carbonyl (C=O) groups is 2. The molecule has 4 aromatic rings.